The molecule has 0 spiro atoms. The van der Waals surface area contributed by atoms with E-state index in [0.29, 0.717) is 13.0 Å². The van der Waals surface area contributed by atoms with E-state index in [1.807, 2.05) is 35.8 Å². The molecular formula is C19H20N4OS. The van der Waals surface area contributed by atoms with Crippen LogP contribution in [0, 0.1) is 0 Å². The van der Waals surface area contributed by atoms with Crippen LogP contribution in [-0.4, -0.2) is 27.4 Å². The van der Waals surface area contributed by atoms with Crippen LogP contribution in [-0.2, 0) is 17.6 Å². The van der Waals surface area contributed by atoms with Crippen molar-refractivity contribution >= 4 is 17.2 Å². The molecule has 128 valence electrons. The summed E-state index contributed by atoms with van der Waals surface area (Å²) in [4.78, 5) is 24.6. The van der Waals surface area contributed by atoms with Gasteiger partial charge in [-0.25, -0.2) is 4.98 Å². The van der Waals surface area contributed by atoms with Gasteiger partial charge in [-0.3, -0.25) is 14.8 Å². The molecule has 0 bridgehead atoms. The number of rotatable bonds is 8. The van der Waals surface area contributed by atoms with Crippen LogP contribution >= 0.6 is 11.3 Å². The Balaban J connectivity index is 1.36. The Morgan fingerprint density at radius 1 is 1.08 bits per heavy atom. The van der Waals surface area contributed by atoms with Crippen LogP contribution in [0.15, 0.2) is 54.4 Å². The van der Waals surface area contributed by atoms with Crippen molar-refractivity contribution in [1.82, 2.24) is 20.3 Å². The summed E-state index contributed by atoms with van der Waals surface area (Å²) in [6, 6.07) is 7.86. The number of amides is 1. The first-order valence-corrected chi connectivity index (χ1v) is 9.19. The van der Waals surface area contributed by atoms with E-state index in [4.69, 9.17) is 0 Å². The van der Waals surface area contributed by atoms with Crippen molar-refractivity contribution in [2.24, 2.45) is 0 Å². The van der Waals surface area contributed by atoms with Gasteiger partial charge in [0.15, 0.2) is 0 Å². The van der Waals surface area contributed by atoms with Gasteiger partial charge in [0.1, 0.15) is 5.01 Å². The summed E-state index contributed by atoms with van der Waals surface area (Å²) >= 11 is 1.62. The standard InChI is InChI=1S/C19H20N4OS/c24-18(5-1-3-15-4-2-9-21-13-15)22-12-8-17-14-25-19(23-17)16-6-10-20-11-7-16/h2,4,6-7,9-11,13-14H,1,3,5,8,12H2,(H,22,24). The van der Waals surface area contributed by atoms with E-state index in [2.05, 4.69) is 20.3 Å². The second-order valence-corrected chi connectivity index (χ2v) is 6.55. The largest absolute Gasteiger partial charge is 0.356 e. The fourth-order valence-electron chi connectivity index (χ4n) is 2.47. The Labute approximate surface area is 151 Å². The minimum atomic E-state index is 0.0912. The first-order valence-electron chi connectivity index (χ1n) is 8.31. The molecule has 0 fully saturated rings. The zero-order chi connectivity index (χ0) is 17.3. The smallest absolute Gasteiger partial charge is 0.220 e. The van der Waals surface area contributed by atoms with E-state index in [9.17, 15) is 4.79 Å². The number of carbonyl (C=O) groups excluding carboxylic acids is 1. The Kier molecular flexibility index (Phi) is 6.23. The number of nitrogens with one attached hydrogen (secondary N) is 1. The van der Waals surface area contributed by atoms with Crippen molar-refractivity contribution in [3.63, 3.8) is 0 Å². The maximum absolute atomic E-state index is 11.9. The minimum Gasteiger partial charge on any atom is -0.356 e. The summed E-state index contributed by atoms with van der Waals surface area (Å²) in [5.74, 6) is 0.0912. The summed E-state index contributed by atoms with van der Waals surface area (Å²) in [7, 11) is 0. The third-order valence-electron chi connectivity index (χ3n) is 3.77. The number of carbonyl (C=O) groups is 1. The molecule has 6 heteroatoms. The van der Waals surface area contributed by atoms with E-state index in [-0.39, 0.29) is 5.91 Å². The number of hydrogen-bond acceptors (Lipinski definition) is 5. The average molecular weight is 352 g/mol. The molecule has 0 aliphatic rings. The van der Waals surface area contributed by atoms with Crippen LogP contribution in [0.5, 0.6) is 0 Å². The van der Waals surface area contributed by atoms with Crippen LogP contribution in [0.3, 0.4) is 0 Å². The van der Waals surface area contributed by atoms with Gasteiger partial charge in [0.2, 0.25) is 5.91 Å². The van der Waals surface area contributed by atoms with Crippen molar-refractivity contribution in [3.05, 3.63) is 65.7 Å². The van der Waals surface area contributed by atoms with Gasteiger partial charge in [-0.05, 0) is 36.6 Å². The molecule has 3 rings (SSSR count). The van der Waals surface area contributed by atoms with E-state index < -0.39 is 0 Å². The minimum absolute atomic E-state index is 0.0912. The van der Waals surface area contributed by atoms with Gasteiger partial charge in [0.05, 0.1) is 5.69 Å². The number of thiazole rings is 1. The molecule has 0 unspecified atom stereocenters. The van der Waals surface area contributed by atoms with Crippen molar-refractivity contribution in [1.29, 1.82) is 0 Å². The van der Waals surface area contributed by atoms with Gasteiger partial charge < -0.3 is 5.32 Å². The Bertz CT molecular complexity index is 789. The predicted octanol–water partition coefficient (Wildman–Crippen LogP) is 3.28. The van der Waals surface area contributed by atoms with Crippen molar-refractivity contribution in [3.8, 4) is 10.6 Å². The predicted molar refractivity (Wildman–Crippen MR) is 99.2 cm³/mol. The molecule has 0 aromatic carbocycles. The molecular weight excluding hydrogens is 332 g/mol. The molecule has 0 radical (unpaired) electrons. The van der Waals surface area contributed by atoms with Crippen LogP contribution in [0.25, 0.3) is 10.6 Å². The lowest BCUT2D eigenvalue weighted by Crippen LogP contribution is -2.25. The van der Waals surface area contributed by atoms with Gasteiger partial charge in [0.25, 0.3) is 0 Å². The Hall–Kier alpha value is -2.60. The van der Waals surface area contributed by atoms with Crippen molar-refractivity contribution in [2.75, 3.05) is 6.54 Å². The lowest BCUT2D eigenvalue weighted by molar-refractivity contribution is -0.121. The van der Waals surface area contributed by atoms with Crippen LogP contribution in [0.1, 0.15) is 24.1 Å². The number of pyridine rings is 2. The topological polar surface area (TPSA) is 67.8 Å². The highest BCUT2D eigenvalue weighted by molar-refractivity contribution is 7.13. The van der Waals surface area contributed by atoms with E-state index >= 15 is 0 Å². The normalized spacial score (nSPS) is 10.6. The third kappa shape index (κ3) is 5.46. The molecule has 0 aliphatic carbocycles. The summed E-state index contributed by atoms with van der Waals surface area (Å²) in [5, 5.41) is 6.00. The maximum atomic E-state index is 11.9. The van der Waals surface area contributed by atoms with E-state index in [0.717, 1.165) is 35.5 Å². The molecule has 0 saturated heterocycles. The summed E-state index contributed by atoms with van der Waals surface area (Å²) < 4.78 is 0. The fourth-order valence-corrected chi connectivity index (χ4v) is 3.33. The average Bonchev–Trinajstić information content (AvgIpc) is 3.12. The second-order valence-electron chi connectivity index (χ2n) is 5.69. The van der Waals surface area contributed by atoms with Gasteiger partial charge in [-0.1, -0.05) is 6.07 Å². The molecule has 5 nitrogen and oxygen atoms in total. The number of nitrogens with zero attached hydrogens (tertiary/aromatic N) is 3. The summed E-state index contributed by atoms with van der Waals surface area (Å²) in [5.41, 5.74) is 3.25. The zero-order valence-corrected chi connectivity index (χ0v) is 14.7. The molecule has 0 saturated carbocycles. The van der Waals surface area contributed by atoms with Gasteiger partial charge >= 0.3 is 0 Å². The van der Waals surface area contributed by atoms with Gasteiger partial charge in [-0.2, -0.15) is 0 Å². The quantitative estimate of drug-likeness (QED) is 0.675. The van der Waals surface area contributed by atoms with Crippen molar-refractivity contribution in [2.45, 2.75) is 25.7 Å². The molecule has 25 heavy (non-hydrogen) atoms. The number of hydrogen-bond donors (Lipinski definition) is 1. The molecule has 3 aromatic heterocycles. The zero-order valence-electron chi connectivity index (χ0n) is 13.9. The lowest BCUT2D eigenvalue weighted by Gasteiger charge is -2.04. The molecule has 3 heterocycles. The highest BCUT2D eigenvalue weighted by Crippen LogP contribution is 2.22. The third-order valence-corrected chi connectivity index (χ3v) is 4.71. The first-order chi connectivity index (χ1) is 12.3. The van der Waals surface area contributed by atoms with Crippen LogP contribution in [0.4, 0.5) is 0 Å². The SMILES string of the molecule is O=C(CCCc1cccnc1)NCCc1csc(-c2ccncc2)n1. The first kappa shape index (κ1) is 17.2. The molecule has 1 amide bonds. The highest BCUT2D eigenvalue weighted by Gasteiger charge is 2.06. The molecule has 0 atom stereocenters. The van der Waals surface area contributed by atoms with E-state index in [1.165, 1.54) is 5.56 Å². The highest BCUT2D eigenvalue weighted by atomic mass is 32.1. The van der Waals surface area contributed by atoms with Crippen LogP contribution < -0.4 is 5.32 Å². The Morgan fingerprint density at radius 3 is 2.76 bits per heavy atom. The second kappa shape index (κ2) is 9.03. The molecule has 3 aromatic rings. The lowest BCUT2D eigenvalue weighted by atomic mass is 10.1. The number of aryl methyl sites for hydroxylation is 1. The molecule has 1 N–H and O–H groups in total. The van der Waals surface area contributed by atoms with Gasteiger partial charge in [0, 0.05) is 55.1 Å². The number of aromatic nitrogens is 3. The van der Waals surface area contributed by atoms with Crippen LogP contribution in [0.2, 0.25) is 0 Å². The fraction of sp³-hybridized carbons (Fsp3) is 0.263. The van der Waals surface area contributed by atoms with E-state index in [1.54, 1.807) is 29.9 Å². The monoisotopic (exact) mass is 352 g/mol. The summed E-state index contributed by atoms with van der Waals surface area (Å²) in [6.07, 6.45) is 10.1. The molecule has 0 aliphatic heterocycles. The summed E-state index contributed by atoms with van der Waals surface area (Å²) in [6.45, 7) is 0.616. The Morgan fingerprint density at radius 2 is 1.96 bits per heavy atom. The van der Waals surface area contributed by atoms with Gasteiger partial charge in [-0.15, -0.1) is 11.3 Å². The van der Waals surface area contributed by atoms with Crippen molar-refractivity contribution < 1.29 is 4.79 Å². The maximum Gasteiger partial charge on any atom is 0.220 e.